The summed E-state index contributed by atoms with van der Waals surface area (Å²) >= 11 is 7.22. The minimum absolute atomic E-state index is 0.265. The first-order valence-electron chi connectivity index (χ1n) is 3.69. The highest BCUT2D eigenvalue weighted by molar-refractivity contribution is 7.14. The van der Waals surface area contributed by atoms with Crippen LogP contribution in [0, 0.1) is 5.92 Å². The Bertz CT molecular complexity index is 254. The van der Waals surface area contributed by atoms with Gasteiger partial charge in [-0.1, -0.05) is 11.6 Å². The van der Waals surface area contributed by atoms with E-state index in [0.717, 1.165) is 22.7 Å². The lowest BCUT2D eigenvalue weighted by molar-refractivity contribution is 0.154. The summed E-state index contributed by atoms with van der Waals surface area (Å²) in [7, 11) is 0. The van der Waals surface area contributed by atoms with Crippen molar-refractivity contribution in [3.05, 3.63) is 21.3 Å². The average Bonchev–Trinajstić information content (AvgIpc) is 2.74. The summed E-state index contributed by atoms with van der Waals surface area (Å²) in [5.74, 6) is 0.501. The molecule has 60 valence electrons. The number of aliphatic hydroxyl groups excluding tert-OH is 1. The molecule has 1 fully saturated rings. The van der Waals surface area contributed by atoms with Gasteiger partial charge in [0.25, 0.3) is 0 Å². The van der Waals surface area contributed by atoms with Gasteiger partial charge in [-0.2, -0.15) is 0 Å². The smallest absolute Gasteiger partial charge is 0.0932 e. The molecule has 1 heterocycles. The van der Waals surface area contributed by atoms with Crippen molar-refractivity contribution in [3.63, 3.8) is 0 Å². The van der Waals surface area contributed by atoms with Crippen molar-refractivity contribution in [3.8, 4) is 0 Å². The van der Waals surface area contributed by atoms with E-state index >= 15 is 0 Å². The Kier molecular flexibility index (Phi) is 1.91. The molecule has 1 nitrogen and oxygen atoms in total. The van der Waals surface area contributed by atoms with Gasteiger partial charge in [-0.25, -0.2) is 0 Å². The Balaban J connectivity index is 2.14. The van der Waals surface area contributed by atoms with Crippen molar-refractivity contribution in [2.45, 2.75) is 18.9 Å². The molecule has 1 N–H and O–H groups in total. The zero-order valence-electron chi connectivity index (χ0n) is 5.96. The molecule has 1 aromatic heterocycles. The molecular formula is C8H9ClOS. The molecule has 0 amide bonds. The van der Waals surface area contributed by atoms with Crippen LogP contribution in [-0.4, -0.2) is 5.11 Å². The van der Waals surface area contributed by atoms with Crippen molar-refractivity contribution in [2.24, 2.45) is 5.92 Å². The highest BCUT2D eigenvalue weighted by Crippen LogP contribution is 2.42. The molecule has 1 saturated carbocycles. The number of halogens is 1. The Labute approximate surface area is 74.6 Å². The molecule has 2 rings (SSSR count). The Morgan fingerprint density at radius 2 is 2.36 bits per heavy atom. The van der Waals surface area contributed by atoms with Gasteiger partial charge >= 0.3 is 0 Å². The van der Waals surface area contributed by atoms with E-state index in [1.807, 2.05) is 11.4 Å². The molecule has 0 spiro atoms. The number of thiophene rings is 1. The molecule has 0 aliphatic heterocycles. The molecule has 1 aliphatic carbocycles. The second-order valence-corrected chi connectivity index (χ2v) is 4.51. The van der Waals surface area contributed by atoms with Gasteiger partial charge in [0, 0.05) is 0 Å². The summed E-state index contributed by atoms with van der Waals surface area (Å²) in [6, 6.07) is 1.86. The van der Waals surface area contributed by atoms with Crippen LogP contribution in [0.2, 0.25) is 4.34 Å². The maximum Gasteiger partial charge on any atom is 0.0932 e. The third-order valence-corrected chi connectivity index (χ3v) is 3.11. The third-order valence-electron chi connectivity index (χ3n) is 2.00. The molecule has 3 heteroatoms. The van der Waals surface area contributed by atoms with E-state index in [0.29, 0.717) is 5.92 Å². The van der Waals surface area contributed by atoms with Crippen LogP contribution in [-0.2, 0) is 0 Å². The first-order chi connectivity index (χ1) is 5.27. The first kappa shape index (κ1) is 7.59. The quantitative estimate of drug-likeness (QED) is 0.757. The van der Waals surface area contributed by atoms with Crippen LogP contribution in [0.25, 0.3) is 0 Å². The SMILES string of the molecule is OC(c1csc(Cl)c1)C1CC1. The van der Waals surface area contributed by atoms with Crippen LogP contribution in [0.4, 0.5) is 0 Å². The van der Waals surface area contributed by atoms with E-state index in [9.17, 15) is 5.11 Å². The van der Waals surface area contributed by atoms with Gasteiger partial charge in [-0.15, -0.1) is 11.3 Å². The highest BCUT2D eigenvalue weighted by Gasteiger charge is 2.31. The van der Waals surface area contributed by atoms with Crippen LogP contribution < -0.4 is 0 Å². The van der Waals surface area contributed by atoms with E-state index in [1.54, 1.807) is 0 Å². The number of rotatable bonds is 2. The van der Waals surface area contributed by atoms with Crippen molar-refractivity contribution < 1.29 is 5.11 Å². The van der Waals surface area contributed by atoms with Crippen LogP contribution in [0.5, 0.6) is 0 Å². The molecule has 1 atom stereocenters. The second-order valence-electron chi connectivity index (χ2n) is 2.97. The Morgan fingerprint density at radius 1 is 1.64 bits per heavy atom. The molecule has 0 radical (unpaired) electrons. The lowest BCUT2D eigenvalue weighted by Crippen LogP contribution is -1.96. The predicted octanol–water partition coefficient (Wildman–Crippen LogP) is 2.84. The van der Waals surface area contributed by atoms with Crippen molar-refractivity contribution >= 4 is 22.9 Å². The van der Waals surface area contributed by atoms with Gasteiger partial charge in [0.05, 0.1) is 10.4 Å². The number of hydrogen-bond donors (Lipinski definition) is 1. The van der Waals surface area contributed by atoms with Crippen molar-refractivity contribution in [2.75, 3.05) is 0 Å². The lowest BCUT2D eigenvalue weighted by Gasteiger charge is -2.04. The summed E-state index contributed by atoms with van der Waals surface area (Å²) in [5.41, 5.74) is 0.988. The normalized spacial score (nSPS) is 20.2. The van der Waals surface area contributed by atoms with Crippen molar-refractivity contribution in [1.29, 1.82) is 0 Å². The lowest BCUT2D eigenvalue weighted by atomic mass is 10.1. The summed E-state index contributed by atoms with van der Waals surface area (Å²) < 4.78 is 0.764. The predicted molar refractivity (Wildman–Crippen MR) is 47.0 cm³/mol. The van der Waals surface area contributed by atoms with E-state index in [4.69, 9.17) is 11.6 Å². The van der Waals surface area contributed by atoms with Crippen LogP contribution in [0.15, 0.2) is 11.4 Å². The van der Waals surface area contributed by atoms with Gasteiger partial charge in [-0.3, -0.25) is 0 Å². The highest BCUT2D eigenvalue weighted by atomic mass is 35.5. The topological polar surface area (TPSA) is 20.2 Å². The number of aliphatic hydroxyl groups is 1. The molecule has 0 saturated heterocycles. The maximum absolute atomic E-state index is 9.62. The fourth-order valence-electron chi connectivity index (χ4n) is 1.16. The van der Waals surface area contributed by atoms with Crippen molar-refractivity contribution in [1.82, 2.24) is 0 Å². The molecule has 1 unspecified atom stereocenters. The van der Waals surface area contributed by atoms with Gasteiger partial charge < -0.3 is 5.11 Å². The zero-order chi connectivity index (χ0) is 7.84. The van der Waals surface area contributed by atoms with Gasteiger partial charge in [0.15, 0.2) is 0 Å². The summed E-state index contributed by atoms with van der Waals surface area (Å²) in [5, 5.41) is 11.6. The summed E-state index contributed by atoms with van der Waals surface area (Å²) in [4.78, 5) is 0. The molecule has 0 bridgehead atoms. The average molecular weight is 189 g/mol. The third kappa shape index (κ3) is 1.58. The Morgan fingerprint density at radius 3 is 2.82 bits per heavy atom. The van der Waals surface area contributed by atoms with E-state index in [-0.39, 0.29) is 6.10 Å². The Hall–Kier alpha value is -0.0500. The largest absolute Gasteiger partial charge is 0.388 e. The summed E-state index contributed by atoms with van der Waals surface area (Å²) in [6.07, 6.45) is 2.06. The minimum atomic E-state index is -0.265. The molecule has 11 heavy (non-hydrogen) atoms. The first-order valence-corrected chi connectivity index (χ1v) is 4.95. The van der Waals surface area contributed by atoms with Crippen LogP contribution >= 0.6 is 22.9 Å². The monoisotopic (exact) mass is 188 g/mol. The van der Waals surface area contributed by atoms with E-state index in [1.165, 1.54) is 11.3 Å². The fraction of sp³-hybridized carbons (Fsp3) is 0.500. The van der Waals surface area contributed by atoms with E-state index < -0.39 is 0 Å². The van der Waals surface area contributed by atoms with Gasteiger partial charge in [0.1, 0.15) is 0 Å². The number of hydrogen-bond acceptors (Lipinski definition) is 2. The van der Waals surface area contributed by atoms with Crippen LogP contribution in [0.1, 0.15) is 24.5 Å². The molecule has 0 aromatic carbocycles. The fourth-order valence-corrected chi connectivity index (χ4v) is 2.08. The molecule has 1 aromatic rings. The standard InChI is InChI=1S/C8H9ClOS/c9-7-3-6(4-11-7)8(10)5-1-2-5/h3-5,8,10H,1-2H2. The van der Waals surface area contributed by atoms with E-state index in [2.05, 4.69) is 0 Å². The molecular weight excluding hydrogens is 180 g/mol. The van der Waals surface area contributed by atoms with Gasteiger partial charge in [0.2, 0.25) is 0 Å². The molecule has 1 aliphatic rings. The second kappa shape index (κ2) is 2.77. The van der Waals surface area contributed by atoms with Gasteiger partial charge in [-0.05, 0) is 35.8 Å². The summed E-state index contributed by atoms with van der Waals surface area (Å²) in [6.45, 7) is 0. The minimum Gasteiger partial charge on any atom is -0.388 e. The van der Waals surface area contributed by atoms with Crippen LogP contribution in [0.3, 0.4) is 0 Å². The maximum atomic E-state index is 9.62. The zero-order valence-corrected chi connectivity index (χ0v) is 7.53.